The molecular weight excluding hydrogens is 424 g/mol. The molecule has 0 atom stereocenters. The Kier molecular flexibility index (Phi) is 5.01. The molecule has 0 amide bonds. The van der Waals surface area contributed by atoms with Crippen molar-refractivity contribution in [3.63, 3.8) is 0 Å². The van der Waals surface area contributed by atoms with E-state index in [1.54, 1.807) is 5.38 Å². The lowest BCUT2D eigenvalue weighted by Crippen LogP contribution is -2.03. The number of carboxylic acid groups (broad SMARTS) is 2. The Morgan fingerprint density at radius 1 is 1.08 bits per heavy atom. The topological polar surface area (TPSA) is 132 Å². The highest BCUT2D eigenvalue weighted by molar-refractivity contribution is 7.73. The highest BCUT2D eigenvalue weighted by Gasteiger charge is 2.25. The van der Waals surface area contributed by atoms with E-state index >= 15 is 0 Å². The van der Waals surface area contributed by atoms with Crippen LogP contribution >= 0.6 is 58.4 Å². The van der Waals surface area contributed by atoms with Gasteiger partial charge < -0.3 is 10.2 Å². The quantitative estimate of drug-likeness (QED) is 0.356. The second-order valence-electron chi connectivity index (χ2n) is 4.39. The minimum Gasteiger partial charge on any atom is -0.478 e. The summed E-state index contributed by atoms with van der Waals surface area (Å²) < 4.78 is 0.870. The summed E-state index contributed by atoms with van der Waals surface area (Å²) in [5, 5.41) is 34.6. The zero-order valence-electron chi connectivity index (χ0n) is 11.8. The van der Waals surface area contributed by atoms with Crippen molar-refractivity contribution >= 4 is 76.0 Å². The average molecular weight is 431 g/mol. The van der Waals surface area contributed by atoms with Crippen molar-refractivity contribution in [1.29, 1.82) is 0 Å². The number of aromatic amines is 2. The molecule has 8 nitrogen and oxygen atoms in total. The highest BCUT2D eigenvalue weighted by Crippen LogP contribution is 2.43. The van der Waals surface area contributed by atoms with Gasteiger partial charge in [-0.3, -0.25) is 10.2 Å². The Morgan fingerprint density at radius 2 is 1.68 bits per heavy atom. The molecule has 3 aromatic heterocycles. The van der Waals surface area contributed by atoms with Gasteiger partial charge in [0.1, 0.15) is 10.0 Å². The zero-order chi connectivity index (χ0) is 18.1. The molecule has 3 heterocycles. The van der Waals surface area contributed by atoms with Crippen LogP contribution in [0.1, 0.15) is 4.88 Å². The third-order valence-electron chi connectivity index (χ3n) is 2.85. The number of nitrogens with zero attached hydrogens (tertiary/aromatic N) is 2. The number of carbonyl (C=O) groups is 2. The zero-order valence-corrected chi connectivity index (χ0v) is 15.9. The number of aliphatic carboxylic acids is 2. The summed E-state index contributed by atoms with van der Waals surface area (Å²) in [6, 6.07) is 0. The van der Waals surface area contributed by atoms with Crippen LogP contribution in [0.15, 0.2) is 11.5 Å². The van der Waals surface area contributed by atoms with Crippen molar-refractivity contribution in [3.8, 4) is 21.1 Å². The SMILES string of the molecule is O=C(O)/C=C(/C(=O)O)c1scc(-c2n[nH]c(=S)s2)c1-c1n[nH]c(=S)s1. The molecule has 25 heavy (non-hydrogen) atoms. The number of hydrogen-bond donors (Lipinski definition) is 4. The molecule has 0 unspecified atom stereocenters. The normalized spacial score (nSPS) is 11.6. The van der Waals surface area contributed by atoms with Crippen LogP contribution in [0.4, 0.5) is 0 Å². The van der Waals surface area contributed by atoms with E-state index in [1.165, 1.54) is 11.3 Å². The summed E-state index contributed by atoms with van der Waals surface area (Å²) in [6.45, 7) is 0. The van der Waals surface area contributed by atoms with Crippen LogP contribution < -0.4 is 0 Å². The van der Waals surface area contributed by atoms with E-state index in [9.17, 15) is 14.7 Å². The smallest absolute Gasteiger partial charge is 0.337 e. The Hall–Kier alpha value is -2.06. The standard InChI is InChI=1S/C12H6N4O4S5/c17-5(18)1-3(10(19)20)7-6(9-14-16-12(22)25-9)4(2-23-7)8-13-15-11(21)24-8/h1-2H,(H,15,21)(H,16,22)(H,17,18)(H,19,20)/b3-1+. The van der Waals surface area contributed by atoms with Gasteiger partial charge in [-0.05, 0) is 24.4 Å². The van der Waals surface area contributed by atoms with Gasteiger partial charge in [0.05, 0.1) is 10.5 Å². The van der Waals surface area contributed by atoms with Crippen molar-refractivity contribution in [2.45, 2.75) is 0 Å². The number of rotatable bonds is 5. The Labute approximate surface area is 161 Å². The van der Waals surface area contributed by atoms with Crippen LogP contribution in [-0.4, -0.2) is 42.5 Å². The summed E-state index contributed by atoms with van der Waals surface area (Å²) >= 11 is 13.5. The van der Waals surface area contributed by atoms with E-state index in [1.807, 2.05) is 0 Å². The van der Waals surface area contributed by atoms with Gasteiger partial charge in [-0.2, -0.15) is 10.2 Å². The molecule has 0 bridgehead atoms. The Balaban J connectivity index is 2.32. The fourth-order valence-corrected chi connectivity index (χ4v) is 5.02. The van der Waals surface area contributed by atoms with Crippen molar-refractivity contribution in [2.75, 3.05) is 0 Å². The van der Waals surface area contributed by atoms with E-state index in [0.717, 1.165) is 22.7 Å². The van der Waals surface area contributed by atoms with Gasteiger partial charge in [-0.1, -0.05) is 22.7 Å². The van der Waals surface area contributed by atoms with Crippen molar-refractivity contribution in [1.82, 2.24) is 20.4 Å². The van der Waals surface area contributed by atoms with E-state index < -0.39 is 11.9 Å². The fourth-order valence-electron chi connectivity index (χ4n) is 1.96. The maximum Gasteiger partial charge on any atom is 0.337 e. The van der Waals surface area contributed by atoms with Crippen LogP contribution in [0.2, 0.25) is 0 Å². The van der Waals surface area contributed by atoms with Gasteiger partial charge in [0.2, 0.25) is 0 Å². The molecule has 0 aliphatic rings. The average Bonchev–Trinajstić information content (AvgIpc) is 3.23. The number of nitrogens with one attached hydrogen (secondary N) is 2. The first kappa shape index (κ1) is 17.8. The summed E-state index contributed by atoms with van der Waals surface area (Å²) in [6.07, 6.45) is 0.653. The number of H-pyrrole nitrogens is 2. The van der Waals surface area contributed by atoms with Gasteiger partial charge in [-0.25, -0.2) is 9.59 Å². The predicted molar refractivity (Wildman–Crippen MR) is 100 cm³/mol. The number of thiophene rings is 1. The van der Waals surface area contributed by atoms with Crippen molar-refractivity contribution in [2.24, 2.45) is 0 Å². The van der Waals surface area contributed by atoms with E-state index in [0.29, 0.717) is 35.1 Å². The minimum atomic E-state index is -1.36. The molecule has 0 aliphatic heterocycles. The molecular formula is C12H6N4O4S5. The van der Waals surface area contributed by atoms with Gasteiger partial charge in [0.25, 0.3) is 0 Å². The Morgan fingerprint density at radius 3 is 2.16 bits per heavy atom. The molecule has 0 saturated carbocycles. The lowest BCUT2D eigenvalue weighted by Gasteiger charge is -2.03. The molecule has 128 valence electrons. The first-order valence-corrected chi connectivity index (χ1v) is 9.61. The molecule has 0 saturated heterocycles. The second-order valence-corrected chi connectivity index (χ2v) is 8.60. The van der Waals surface area contributed by atoms with E-state index in [-0.39, 0.29) is 10.5 Å². The summed E-state index contributed by atoms with van der Waals surface area (Å²) in [5.74, 6) is -2.71. The maximum atomic E-state index is 11.6. The molecule has 0 fully saturated rings. The molecule has 0 spiro atoms. The molecule has 0 radical (unpaired) electrons. The number of aromatic nitrogens is 4. The van der Waals surface area contributed by atoms with Crippen molar-refractivity contribution < 1.29 is 19.8 Å². The van der Waals surface area contributed by atoms with Gasteiger partial charge in [0.15, 0.2) is 7.91 Å². The molecule has 3 rings (SSSR count). The monoisotopic (exact) mass is 430 g/mol. The summed E-state index contributed by atoms with van der Waals surface area (Å²) in [7, 11) is 0. The highest BCUT2D eigenvalue weighted by atomic mass is 32.2. The number of carboxylic acids is 2. The number of hydrogen-bond acceptors (Lipinski definition) is 9. The van der Waals surface area contributed by atoms with E-state index in [4.69, 9.17) is 29.5 Å². The lowest BCUT2D eigenvalue weighted by atomic mass is 10.1. The van der Waals surface area contributed by atoms with Crippen molar-refractivity contribution in [3.05, 3.63) is 24.2 Å². The first-order chi connectivity index (χ1) is 11.9. The minimum absolute atomic E-state index is 0.253. The second kappa shape index (κ2) is 7.05. The lowest BCUT2D eigenvalue weighted by molar-refractivity contribution is -0.133. The molecule has 0 aromatic carbocycles. The molecule has 13 heteroatoms. The summed E-state index contributed by atoms with van der Waals surface area (Å²) in [5.41, 5.74) is 0.710. The predicted octanol–water partition coefficient (Wildman–Crippen LogP) is 3.66. The molecule has 4 N–H and O–H groups in total. The van der Waals surface area contributed by atoms with Gasteiger partial charge in [-0.15, -0.1) is 11.3 Å². The van der Waals surface area contributed by atoms with Crippen LogP contribution in [0.5, 0.6) is 0 Å². The Bertz CT molecular complexity index is 1110. The van der Waals surface area contributed by atoms with E-state index in [2.05, 4.69) is 20.4 Å². The largest absolute Gasteiger partial charge is 0.478 e. The van der Waals surface area contributed by atoms with Gasteiger partial charge in [0, 0.05) is 22.6 Å². The third kappa shape index (κ3) is 3.64. The third-order valence-corrected chi connectivity index (χ3v) is 6.10. The maximum absolute atomic E-state index is 11.6. The molecule has 0 aliphatic carbocycles. The van der Waals surface area contributed by atoms with Crippen LogP contribution in [0.3, 0.4) is 0 Å². The summed E-state index contributed by atoms with van der Waals surface area (Å²) in [4.78, 5) is 22.8. The van der Waals surface area contributed by atoms with Crippen LogP contribution in [0, 0.1) is 7.91 Å². The fraction of sp³-hybridized carbons (Fsp3) is 0. The first-order valence-electron chi connectivity index (χ1n) is 6.28. The van der Waals surface area contributed by atoms with Crippen LogP contribution in [0.25, 0.3) is 26.7 Å². The van der Waals surface area contributed by atoms with Crippen LogP contribution in [-0.2, 0) is 9.59 Å². The van der Waals surface area contributed by atoms with Gasteiger partial charge >= 0.3 is 11.9 Å². The molecule has 3 aromatic rings.